The summed E-state index contributed by atoms with van der Waals surface area (Å²) in [5.41, 5.74) is 0. The van der Waals surface area contributed by atoms with Crippen LogP contribution in [0.15, 0.2) is 48.6 Å². The lowest BCUT2D eigenvalue weighted by Gasteiger charge is -2.25. The zero-order valence-corrected chi connectivity index (χ0v) is 40.1. The molecule has 0 aromatic rings. The van der Waals surface area contributed by atoms with Crippen LogP contribution in [0.3, 0.4) is 0 Å². The van der Waals surface area contributed by atoms with Gasteiger partial charge in [0.05, 0.1) is 39.9 Å². The predicted octanol–water partition coefficient (Wildman–Crippen LogP) is 14.0. The van der Waals surface area contributed by atoms with Crippen molar-refractivity contribution in [3.63, 3.8) is 0 Å². The number of carbonyl (C=O) groups excluding carboxylic acids is 1. The standard InChI is InChI=1S/C50H95N2O6P/c1-6-8-10-12-14-16-18-20-22-24-25-26-28-29-31-33-35-37-39-41-43-49(53)48(47-58-59(55,56)57-46-45-52(3,4)5)51-50(54)44-42-40-38-36-34-32-30-27-23-21-19-17-15-13-11-9-7-2/h21,23,26,28,33,35,41,43,48-49,53H,6-20,22,24-25,27,29-32,34,36-40,42,44-47H2,1-5H3,(H-,51,54,55,56)/p+1/b23-21-,28-26+,35-33+,43-41+. The van der Waals surface area contributed by atoms with Crippen LogP contribution in [-0.4, -0.2) is 73.4 Å². The molecule has 0 aromatic heterocycles. The molecular formula is C50H96N2O6P+. The molecular weight excluding hydrogens is 756 g/mol. The Morgan fingerprint density at radius 2 is 0.932 bits per heavy atom. The lowest BCUT2D eigenvalue weighted by molar-refractivity contribution is -0.870. The molecule has 3 unspecified atom stereocenters. The molecule has 346 valence electrons. The zero-order valence-electron chi connectivity index (χ0n) is 39.2. The van der Waals surface area contributed by atoms with Gasteiger partial charge in [0.25, 0.3) is 0 Å². The average molecular weight is 852 g/mol. The number of aliphatic hydroxyl groups excluding tert-OH is 1. The van der Waals surface area contributed by atoms with E-state index >= 15 is 0 Å². The molecule has 0 rings (SSSR count). The van der Waals surface area contributed by atoms with E-state index in [1.54, 1.807) is 6.08 Å². The van der Waals surface area contributed by atoms with Gasteiger partial charge in [-0.1, -0.05) is 184 Å². The predicted molar refractivity (Wildman–Crippen MR) is 254 cm³/mol. The summed E-state index contributed by atoms with van der Waals surface area (Å²) in [6.07, 6.45) is 53.3. The number of unbranched alkanes of at least 4 members (excludes halogenated alkanes) is 25. The second-order valence-electron chi connectivity index (χ2n) is 17.8. The minimum absolute atomic E-state index is 0.0519. The van der Waals surface area contributed by atoms with Crippen molar-refractivity contribution in [1.82, 2.24) is 5.32 Å². The average Bonchev–Trinajstić information content (AvgIpc) is 3.19. The molecule has 0 spiro atoms. The molecule has 0 bridgehead atoms. The first kappa shape index (κ1) is 57.5. The summed E-state index contributed by atoms with van der Waals surface area (Å²) >= 11 is 0. The minimum atomic E-state index is -4.35. The van der Waals surface area contributed by atoms with Crippen molar-refractivity contribution in [1.29, 1.82) is 0 Å². The van der Waals surface area contributed by atoms with Crippen molar-refractivity contribution < 1.29 is 32.9 Å². The quantitative estimate of drug-likeness (QED) is 0.0244. The third-order valence-electron chi connectivity index (χ3n) is 10.7. The van der Waals surface area contributed by atoms with Gasteiger partial charge in [0.15, 0.2) is 0 Å². The van der Waals surface area contributed by atoms with Gasteiger partial charge in [-0.2, -0.15) is 0 Å². The van der Waals surface area contributed by atoms with Gasteiger partial charge in [-0.25, -0.2) is 4.57 Å². The van der Waals surface area contributed by atoms with E-state index in [1.165, 1.54) is 148 Å². The molecule has 0 aromatic carbocycles. The molecule has 59 heavy (non-hydrogen) atoms. The maximum absolute atomic E-state index is 12.9. The molecule has 0 aliphatic rings. The SMILES string of the molecule is CCCCCCCC/C=C\CCCCCCCCCC(=O)NC(COP(=O)(O)OCC[N+](C)(C)C)C(O)/C=C/CC/C=C/CC/C=C/CCCCCCCCCCCC. The van der Waals surface area contributed by atoms with Gasteiger partial charge in [-0.3, -0.25) is 13.8 Å². The fourth-order valence-electron chi connectivity index (χ4n) is 6.83. The lowest BCUT2D eigenvalue weighted by Crippen LogP contribution is -2.45. The van der Waals surface area contributed by atoms with Crippen LogP contribution in [0.4, 0.5) is 0 Å². The number of nitrogens with zero attached hydrogens (tertiary/aromatic N) is 1. The van der Waals surface area contributed by atoms with Crippen LogP contribution in [0, 0.1) is 0 Å². The summed E-state index contributed by atoms with van der Waals surface area (Å²) < 4.78 is 23.6. The molecule has 0 fully saturated rings. The Labute approximate surface area is 365 Å². The Bertz CT molecular complexity index is 1100. The molecule has 0 aliphatic heterocycles. The van der Waals surface area contributed by atoms with Gasteiger partial charge >= 0.3 is 7.82 Å². The number of hydrogen-bond donors (Lipinski definition) is 3. The topological polar surface area (TPSA) is 105 Å². The summed E-state index contributed by atoms with van der Waals surface area (Å²) in [6, 6.07) is -0.872. The highest BCUT2D eigenvalue weighted by Crippen LogP contribution is 2.43. The van der Waals surface area contributed by atoms with Gasteiger partial charge in [0, 0.05) is 6.42 Å². The van der Waals surface area contributed by atoms with E-state index in [1.807, 2.05) is 27.2 Å². The number of nitrogens with one attached hydrogen (secondary N) is 1. The first-order valence-electron chi connectivity index (χ1n) is 24.5. The van der Waals surface area contributed by atoms with E-state index in [9.17, 15) is 19.4 Å². The maximum Gasteiger partial charge on any atom is 0.472 e. The second-order valence-corrected chi connectivity index (χ2v) is 19.3. The number of likely N-dealkylation sites (N-methyl/N-ethyl adjacent to an activating group) is 1. The van der Waals surface area contributed by atoms with Crippen LogP contribution in [-0.2, 0) is 18.4 Å². The highest BCUT2D eigenvalue weighted by atomic mass is 31.2. The van der Waals surface area contributed by atoms with Crippen LogP contribution in [0.1, 0.15) is 213 Å². The summed E-state index contributed by atoms with van der Waals surface area (Å²) in [5, 5.41) is 13.8. The molecule has 0 heterocycles. The smallest absolute Gasteiger partial charge is 0.387 e. The van der Waals surface area contributed by atoms with Crippen LogP contribution >= 0.6 is 7.82 Å². The molecule has 3 atom stereocenters. The molecule has 9 heteroatoms. The Morgan fingerprint density at radius 3 is 1.36 bits per heavy atom. The molecule has 1 amide bonds. The zero-order chi connectivity index (χ0) is 43.6. The maximum atomic E-state index is 12.9. The van der Waals surface area contributed by atoms with E-state index in [-0.39, 0.29) is 19.1 Å². The van der Waals surface area contributed by atoms with Crippen molar-refractivity contribution in [2.45, 2.75) is 225 Å². The van der Waals surface area contributed by atoms with Crippen LogP contribution in [0.2, 0.25) is 0 Å². The Hall–Kier alpha value is -1.54. The van der Waals surface area contributed by atoms with Gasteiger partial charge in [-0.05, 0) is 70.6 Å². The fourth-order valence-corrected chi connectivity index (χ4v) is 7.57. The number of allylic oxidation sites excluding steroid dienone is 7. The molecule has 0 radical (unpaired) electrons. The normalized spacial score (nSPS) is 14.6. The summed E-state index contributed by atoms with van der Waals surface area (Å²) in [6.45, 7) is 4.78. The first-order chi connectivity index (χ1) is 28.5. The summed E-state index contributed by atoms with van der Waals surface area (Å²) in [7, 11) is 1.54. The van der Waals surface area contributed by atoms with E-state index in [4.69, 9.17) is 9.05 Å². The third-order valence-corrected chi connectivity index (χ3v) is 11.7. The second kappa shape index (κ2) is 41.8. The number of hydrogen-bond acceptors (Lipinski definition) is 5. The first-order valence-corrected chi connectivity index (χ1v) is 26.0. The number of aliphatic hydroxyl groups is 1. The van der Waals surface area contributed by atoms with Gasteiger partial charge in [0.1, 0.15) is 13.2 Å². The number of rotatable bonds is 44. The van der Waals surface area contributed by atoms with Crippen LogP contribution < -0.4 is 5.32 Å². The molecule has 8 nitrogen and oxygen atoms in total. The number of quaternary nitrogens is 1. The van der Waals surface area contributed by atoms with Gasteiger partial charge in [0.2, 0.25) is 5.91 Å². The van der Waals surface area contributed by atoms with Crippen molar-refractivity contribution in [2.75, 3.05) is 40.9 Å². The molecule has 3 N–H and O–H groups in total. The summed E-state index contributed by atoms with van der Waals surface area (Å²) in [5.74, 6) is -0.196. The van der Waals surface area contributed by atoms with Crippen LogP contribution in [0.5, 0.6) is 0 Å². The largest absolute Gasteiger partial charge is 0.472 e. The number of phosphoric ester groups is 1. The number of amides is 1. The Balaban J connectivity index is 4.45. The van der Waals surface area contributed by atoms with Gasteiger partial charge in [-0.15, -0.1) is 0 Å². The van der Waals surface area contributed by atoms with Crippen molar-refractivity contribution in [3.8, 4) is 0 Å². The lowest BCUT2D eigenvalue weighted by atomic mass is 10.1. The molecule has 0 aliphatic carbocycles. The number of carbonyl (C=O) groups is 1. The van der Waals surface area contributed by atoms with E-state index in [2.05, 4.69) is 55.6 Å². The summed E-state index contributed by atoms with van der Waals surface area (Å²) in [4.78, 5) is 23.2. The number of phosphoric acid groups is 1. The van der Waals surface area contributed by atoms with E-state index in [0.29, 0.717) is 17.4 Å². The van der Waals surface area contributed by atoms with Crippen molar-refractivity contribution in [2.24, 2.45) is 0 Å². The minimum Gasteiger partial charge on any atom is -0.387 e. The van der Waals surface area contributed by atoms with Crippen LogP contribution in [0.25, 0.3) is 0 Å². The third kappa shape index (κ3) is 44.3. The monoisotopic (exact) mass is 852 g/mol. The van der Waals surface area contributed by atoms with Gasteiger partial charge < -0.3 is 19.8 Å². The Kier molecular flexibility index (Phi) is 40.7. The highest BCUT2D eigenvalue weighted by Gasteiger charge is 2.27. The fraction of sp³-hybridized carbons (Fsp3) is 0.820. The molecule has 0 saturated carbocycles. The Morgan fingerprint density at radius 1 is 0.559 bits per heavy atom. The molecule has 0 saturated heterocycles. The highest BCUT2D eigenvalue weighted by molar-refractivity contribution is 7.47. The van der Waals surface area contributed by atoms with Crippen molar-refractivity contribution >= 4 is 13.7 Å². The van der Waals surface area contributed by atoms with Crippen molar-refractivity contribution in [3.05, 3.63) is 48.6 Å². The van der Waals surface area contributed by atoms with E-state index < -0.39 is 20.0 Å². The van der Waals surface area contributed by atoms with E-state index in [0.717, 1.165) is 44.9 Å².